The molecule has 3 aromatic carbocycles. The second kappa shape index (κ2) is 14.9. The first-order chi connectivity index (χ1) is 25.9. The summed E-state index contributed by atoms with van der Waals surface area (Å²) < 4.78 is 71.1. The molecule has 0 spiro atoms. The molecule has 3 aromatic heterocycles. The number of alkyl halides is 3. The molecule has 18 heteroatoms. The summed E-state index contributed by atoms with van der Waals surface area (Å²) in [4.78, 5) is 23.7. The molecular weight excluding hydrogens is 753 g/mol. The van der Waals surface area contributed by atoms with Crippen molar-refractivity contribution in [2.45, 2.75) is 55.8 Å². The molecule has 0 radical (unpaired) electrons. The van der Waals surface area contributed by atoms with Gasteiger partial charge in [0, 0.05) is 24.7 Å². The van der Waals surface area contributed by atoms with E-state index in [0.29, 0.717) is 60.6 Å². The Labute approximate surface area is 314 Å². The van der Waals surface area contributed by atoms with Gasteiger partial charge in [0.15, 0.2) is 0 Å². The summed E-state index contributed by atoms with van der Waals surface area (Å²) in [6, 6.07) is 13.8. The highest BCUT2D eigenvalue weighted by molar-refractivity contribution is 6.42. The van der Waals surface area contributed by atoms with E-state index in [0.717, 1.165) is 5.56 Å². The van der Waals surface area contributed by atoms with E-state index in [4.69, 9.17) is 32.7 Å². The predicted octanol–water partition coefficient (Wildman–Crippen LogP) is 8.00. The van der Waals surface area contributed by atoms with E-state index in [9.17, 15) is 27.6 Å². The number of benzene rings is 3. The minimum atomic E-state index is -4.94. The lowest BCUT2D eigenvalue weighted by Gasteiger charge is -2.33. The summed E-state index contributed by atoms with van der Waals surface area (Å²) in [5.41, 5.74) is -1.27. The Kier molecular flexibility index (Phi) is 10.2. The van der Waals surface area contributed by atoms with E-state index in [2.05, 4.69) is 35.6 Å². The highest BCUT2D eigenvalue weighted by Gasteiger charge is 2.59. The quantitative estimate of drug-likeness (QED) is 0.0779. The van der Waals surface area contributed by atoms with E-state index in [1.54, 1.807) is 29.9 Å². The largest absolute Gasteiger partial charge is 0.494 e. The van der Waals surface area contributed by atoms with Gasteiger partial charge < -0.3 is 19.8 Å². The lowest BCUT2D eigenvalue weighted by Crippen LogP contribution is -2.46. The zero-order chi connectivity index (χ0) is 38.2. The highest BCUT2D eigenvalue weighted by Crippen LogP contribution is 2.47. The summed E-state index contributed by atoms with van der Waals surface area (Å²) in [6.07, 6.45) is -2.36. The van der Waals surface area contributed by atoms with Crippen LogP contribution in [0.25, 0.3) is 21.8 Å². The number of H-pyrrole nitrogens is 2. The monoisotopic (exact) mass is 783 g/mol. The molecule has 280 valence electrons. The van der Waals surface area contributed by atoms with Crippen LogP contribution in [0, 0.1) is 17.1 Å². The summed E-state index contributed by atoms with van der Waals surface area (Å²) >= 11 is 12.0. The number of halogens is 6. The molecule has 0 saturated carbocycles. The van der Waals surface area contributed by atoms with Crippen molar-refractivity contribution in [2.75, 3.05) is 18.5 Å². The van der Waals surface area contributed by atoms with Gasteiger partial charge in [0.1, 0.15) is 29.5 Å². The number of aryl methyl sites for hydroxylation is 1. The van der Waals surface area contributed by atoms with E-state index in [1.807, 2.05) is 12.1 Å². The number of ether oxygens (including phenoxy) is 2. The summed E-state index contributed by atoms with van der Waals surface area (Å²) in [5.74, 6) is -0.397. The molecule has 0 fully saturated rings. The van der Waals surface area contributed by atoms with Crippen LogP contribution in [0.2, 0.25) is 10.0 Å². The van der Waals surface area contributed by atoms with Gasteiger partial charge in [-0.05, 0) is 61.2 Å². The maximum Gasteiger partial charge on any atom is 0.425 e. The molecule has 0 amide bonds. The fourth-order valence-electron chi connectivity index (χ4n) is 6.76. The zero-order valence-corrected chi connectivity index (χ0v) is 30.0. The number of hydrogen-bond acceptors (Lipinski definition) is 9. The Morgan fingerprint density at radius 3 is 2.46 bits per heavy atom. The number of rotatable bonds is 13. The SMILES string of the molecule is Cn1ncnc1[C@H]1c2n[nH]c(=O)c3cc(F)cc(c23)N[C@@H]1c1ccc(OCCCCCCO[C@@](CC#N)(c2nc3cc(Cl)c(Cl)cc3[nH]2)C(F)(F)F)cc1. The Bertz CT molecular complexity index is 2390. The second-order valence-electron chi connectivity index (χ2n) is 12.9. The smallest absolute Gasteiger partial charge is 0.425 e. The fourth-order valence-corrected chi connectivity index (χ4v) is 7.08. The summed E-state index contributed by atoms with van der Waals surface area (Å²) in [7, 11) is 1.76. The first-order valence-corrected chi connectivity index (χ1v) is 17.6. The molecule has 6 aromatic rings. The Hall–Kier alpha value is -5.24. The van der Waals surface area contributed by atoms with Crippen LogP contribution in [0.4, 0.5) is 23.2 Å². The van der Waals surface area contributed by atoms with Crippen molar-refractivity contribution in [3.8, 4) is 11.8 Å². The molecule has 0 aliphatic carbocycles. The summed E-state index contributed by atoms with van der Waals surface area (Å²) in [5, 5.41) is 24.8. The minimum Gasteiger partial charge on any atom is -0.494 e. The van der Waals surface area contributed by atoms with Crippen molar-refractivity contribution in [3.05, 3.63) is 104 Å². The van der Waals surface area contributed by atoms with Crippen LogP contribution in [0.15, 0.2) is 59.7 Å². The van der Waals surface area contributed by atoms with Crippen molar-refractivity contribution in [2.24, 2.45) is 7.05 Å². The number of nitrogens with zero attached hydrogens (tertiary/aromatic N) is 6. The van der Waals surface area contributed by atoms with Crippen molar-refractivity contribution < 1.29 is 27.0 Å². The van der Waals surface area contributed by atoms with Gasteiger partial charge >= 0.3 is 6.18 Å². The van der Waals surface area contributed by atoms with Crippen LogP contribution < -0.4 is 15.6 Å². The second-order valence-corrected chi connectivity index (χ2v) is 13.7. The van der Waals surface area contributed by atoms with Crippen LogP contribution in [-0.4, -0.2) is 54.3 Å². The Morgan fingerprint density at radius 2 is 1.76 bits per heavy atom. The topological polar surface area (TPSA) is 159 Å². The van der Waals surface area contributed by atoms with Crippen molar-refractivity contribution in [1.29, 1.82) is 5.26 Å². The number of aromatic nitrogens is 7. The highest BCUT2D eigenvalue weighted by atomic mass is 35.5. The van der Waals surface area contributed by atoms with Crippen molar-refractivity contribution >= 4 is 50.7 Å². The number of hydrogen-bond donors (Lipinski definition) is 3. The molecule has 12 nitrogen and oxygen atoms in total. The third-order valence-electron chi connectivity index (χ3n) is 9.43. The van der Waals surface area contributed by atoms with Gasteiger partial charge in [-0.2, -0.15) is 28.6 Å². The van der Waals surface area contributed by atoms with Crippen LogP contribution in [-0.2, 0) is 17.4 Å². The molecule has 7 rings (SSSR count). The Morgan fingerprint density at radius 1 is 1.02 bits per heavy atom. The lowest BCUT2D eigenvalue weighted by molar-refractivity contribution is -0.286. The van der Waals surface area contributed by atoms with E-state index in [-0.39, 0.29) is 33.1 Å². The first-order valence-electron chi connectivity index (χ1n) is 16.9. The standard InChI is InChI=1S/C36H31Cl2F4N9O3/c1-51-32(44-18-45-51)29-30(46-27-15-20(39)14-22-28(27)31(29)49-50-33(22)52)19-6-8-21(9-7-19)53-12-4-2-3-5-13-54-35(10-11-43,36(40,41)42)34-47-25-16-23(37)24(38)17-26(25)48-34/h6-9,14-18,29-30,46H,2-5,10,12-13H2,1H3,(H,47,48)(H,50,52)/t29-,30-,35+/m1/s1. The molecule has 54 heavy (non-hydrogen) atoms. The molecule has 1 aliphatic heterocycles. The maximum atomic E-state index is 14.6. The number of unbranched alkanes of at least 4 members (excludes halogenated alkanes) is 3. The van der Waals surface area contributed by atoms with Crippen molar-refractivity contribution in [1.82, 2.24) is 34.9 Å². The first kappa shape index (κ1) is 37.1. The average molecular weight is 785 g/mol. The van der Waals surface area contributed by atoms with Crippen LogP contribution in [0.3, 0.4) is 0 Å². The van der Waals surface area contributed by atoms with E-state index in [1.165, 1.54) is 30.6 Å². The van der Waals surface area contributed by atoms with E-state index < -0.39 is 47.4 Å². The molecule has 0 bridgehead atoms. The molecule has 3 N–H and O–H groups in total. The minimum absolute atomic E-state index is 0.132. The van der Waals surface area contributed by atoms with Gasteiger partial charge in [-0.25, -0.2) is 19.5 Å². The van der Waals surface area contributed by atoms with Gasteiger partial charge in [0.25, 0.3) is 5.56 Å². The van der Waals surface area contributed by atoms with Crippen LogP contribution in [0.5, 0.6) is 5.75 Å². The van der Waals surface area contributed by atoms with E-state index >= 15 is 0 Å². The fraction of sp³-hybridized carbons (Fsp3) is 0.333. The third-order valence-corrected chi connectivity index (χ3v) is 10.2. The number of aromatic amines is 2. The number of fused-ring (bicyclic) bond motifs is 1. The molecular formula is C36H31Cl2F4N9O3. The maximum absolute atomic E-state index is 14.6. The molecule has 3 atom stereocenters. The number of imidazole rings is 1. The summed E-state index contributed by atoms with van der Waals surface area (Å²) in [6.45, 7) is 0.101. The number of nitrogens with one attached hydrogen (secondary N) is 3. The third kappa shape index (κ3) is 6.94. The molecule has 0 unspecified atom stereocenters. The van der Waals surface area contributed by atoms with Crippen molar-refractivity contribution in [3.63, 3.8) is 0 Å². The number of nitriles is 1. The zero-order valence-electron chi connectivity index (χ0n) is 28.5. The molecule has 0 saturated heterocycles. The molecule has 1 aliphatic rings. The van der Waals surface area contributed by atoms with Gasteiger partial charge in [-0.3, -0.25) is 9.48 Å². The van der Waals surface area contributed by atoms with Gasteiger partial charge in [-0.15, -0.1) is 0 Å². The van der Waals surface area contributed by atoms with Gasteiger partial charge in [0.05, 0.1) is 63.2 Å². The molecule has 4 heterocycles. The average Bonchev–Trinajstić information content (AvgIpc) is 3.75. The lowest BCUT2D eigenvalue weighted by atomic mass is 9.83. The van der Waals surface area contributed by atoms with Gasteiger partial charge in [0.2, 0.25) is 5.60 Å². The number of anilines is 1. The van der Waals surface area contributed by atoms with Crippen LogP contribution >= 0.6 is 23.2 Å². The Balaban J connectivity index is 0.957. The normalized spacial score (nSPS) is 16.6. The van der Waals surface area contributed by atoms with Gasteiger partial charge in [-0.1, -0.05) is 41.8 Å². The predicted molar refractivity (Wildman–Crippen MR) is 192 cm³/mol. The van der Waals surface area contributed by atoms with Crippen LogP contribution in [0.1, 0.15) is 67.0 Å².